The van der Waals surface area contributed by atoms with Gasteiger partial charge in [-0.2, -0.15) is 0 Å². The topological polar surface area (TPSA) is 0 Å². The van der Waals surface area contributed by atoms with E-state index in [9.17, 15) is 0 Å². The lowest BCUT2D eigenvalue weighted by Gasteiger charge is -2.05. The number of rotatable bonds is 3. The Morgan fingerprint density at radius 1 is 0.538 bits per heavy atom. The minimum Gasteiger partial charge on any atom is -0.0683 e. The Labute approximate surface area is 88.1 Å². The summed E-state index contributed by atoms with van der Waals surface area (Å²) in [6.45, 7) is 18.8. The molecule has 0 aromatic rings. The molecular weight excluding hydrogens is 156 g/mol. The van der Waals surface area contributed by atoms with Gasteiger partial charge in [0, 0.05) is 0 Å². The van der Waals surface area contributed by atoms with Crippen molar-refractivity contribution in [3.8, 4) is 0 Å². The third kappa shape index (κ3) is 33.3. The van der Waals surface area contributed by atoms with E-state index >= 15 is 0 Å². The summed E-state index contributed by atoms with van der Waals surface area (Å²) in [5, 5.41) is 0. The summed E-state index contributed by atoms with van der Waals surface area (Å²) < 4.78 is 0. The van der Waals surface area contributed by atoms with Crippen molar-refractivity contribution in [2.24, 2.45) is 5.92 Å². The molecule has 0 radical (unpaired) electrons. The standard InChI is InChI=1S/C7H16.3C2H6/c1-4-7(5-2)6-3;3*1-2/h7H,4-6H2,1-3H3;3*1-2H3. The molecule has 0 rings (SSSR count). The summed E-state index contributed by atoms with van der Waals surface area (Å²) in [7, 11) is 0. The lowest BCUT2D eigenvalue weighted by molar-refractivity contribution is 0.477. The zero-order valence-electron chi connectivity index (χ0n) is 11.7. The first-order chi connectivity index (χ1) is 6.35. The van der Waals surface area contributed by atoms with Gasteiger partial charge in [0.25, 0.3) is 0 Å². The molecule has 86 valence electrons. The molecule has 0 unspecified atom stereocenters. The van der Waals surface area contributed by atoms with Gasteiger partial charge in [-0.15, -0.1) is 0 Å². The lowest BCUT2D eigenvalue weighted by atomic mass is 10.0. The van der Waals surface area contributed by atoms with Crippen LogP contribution >= 0.6 is 0 Å². The molecular formula is C13H34. The van der Waals surface area contributed by atoms with Gasteiger partial charge >= 0.3 is 0 Å². The van der Waals surface area contributed by atoms with E-state index in [1.165, 1.54) is 19.3 Å². The highest BCUT2D eigenvalue weighted by molar-refractivity contribution is 4.48. The van der Waals surface area contributed by atoms with Crippen LogP contribution < -0.4 is 0 Å². The largest absolute Gasteiger partial charge is 0.0683 e. The minimum absolute atomic E-state index is 0.986. The monoisotopic (exact) mass is 190 g/mol. The van der Waals surface area contributed by atoms with E-state index in [-0.39, 0.29) is 0 Å². The van der Waals surface area contributed by atoms with Crippen molar-refractivity contribution in [1.29, 1.82) is 0 Å². The Morgan fingerprint density at radius 3 is 0.692 bits per heavy atom. The zero-order valence-corrected chi connectivity index (χ0v) is 11.7. The van der Waals surface area contributed by atoms with Crippen LogP contribution in [0.5, 0.6) is 0 Å². The molecule has 0 nitrogen and oxygen atoms in total. The maximum Gasteiger partial charge on any atom is -0.0422 e. The van der Waals surface area contributed by atoms with Crippen LogP contribution in [0.4, 0.5) is 0 Å². The highest BCUT2D eigenvalue weighted by Crippen LogP contribution is 2.09. The molecule has 13 heavy (non-hydrogen) atoms. The second-order valence-electron chi connectivity index (χ2n) is 2.09. The Morgan fingerprint density at radius 2 is 0.692 bits per heavy atom. The molecule has 0 saturated carbocycles. The highest BCUT2D eigenvalue weighted by atomic mass is 14.0. The molecule has 0 aliphatic carbocycles. The van der Waals surface area contributed by atoms with Crippen LogP contribution in [0.3, 0.4) is 0 Å². The van der Waals surface area contributed by atoms with E-state index in [2.05, 4.69) is 20.8 Å². The average molecular weight is 190 g/mol. The van der Waals surface area contributed by atoms with E-state index in [0.29, 0.717) is 0 Å². The van der Waals surface area contributed by atoms with Crippen LogP contribution in [0.2, 0.25) is 0 Å². The van der Waals surface area contributed by atoms with Crippen LogP contribution in [-0.2, 0) is 0 Å². The molecule has 0 aliphatic heterocycles. The lowest BCUT2D eigenvalue weighted by Crippen LogP contribution is -1.91. The Balaban J connectivity index is -0.0000000573. The summed E-state index contributed by atoms with van der Waals surface area (Å²) in [6, 6.07) is 0. The van der Waals surface area contributed by atoms with Gasteiger partial charge < -0.3 is 0 Å². The molecule has 0 saturated heterocycles. The Hall–Kier alpha value is 0. The summed E-state index contributed by atoms with van der Waals surface area (Å²) in [5.74, 6) is 0.986. The fraction of sp³-hybridized carbons (Fsp3) is 1.00. The van der Waals surface area contributed by atoms with E-state index in [0.717, 1.165) is 5.92 Å². The molecule has 0 N–H and O–H groups in total. The fourth-order valence-electron chi connectivity index (χ4n) is 0.866. The third-order valence-electron chi connectivity index (χ3n) is 1.73. The van der Waals surface area contributed by atoms with Crippen molar-refractivity contribution in [2.45, 2.75) is 81.6 Å². The van der Waals surface area contributed by atoms with Crippen molar-refractivity contribution >= 4 is 0 Å². The first-order valence-electron chi connectivity index (χ1n) is 6.35. The molecule has 0 amide bonds. The van der Waals surface area contributed by atoms with E-state index in [1.807, 2.05) is 41.5 Å². The molecule has 0 aromatic carbocycles. The zero-order chi connectivity index (χ0) is 11.7. The van der Waals surface area contributed by atoms with Crippen LogP contribution in [0.15, 0.2) is 0 Å². The molecule has 0 heteroatoms. The molecule has 0 fully saturated rings. The molecule has 0 spiro atoms. The van der Waals surface area contributed by atoms with Gasteiger partial charge in [-0.05, 0) is 5.92 Å². The van der Waals surface area contributed by atoms with Gasteiger partial charge in [-0.25, -0.2) is 0 Å². The maximum absolute atomic E-state index is 2.26. The van der Waals surface area contributed by atoms with Crippen molar-refractivity contribution in [1.82, 2.24) is 0 Å². The SMILES string of the molecule is CC.CC.CC.CCC(CC)CC. The van der Waals surface area contributed by atoms with Gasteiger partial charge in [-0.3, -0.25) is 0 Å². The molecule has 0 heterocycles. The summed E-state index contributed by atoms with van der Waals surface area (Å²) in [5.41, 5.74) is 0. The van der Waals surface area contributed by atoms with E-state index in [4.69, 9.17) is 0 Å². The van der Waals surface area contributed by atoms with Gasteiger partial charge in [0.15, 0.2) is 0 Å². The second kappa shape index (κ2) is 40.3. The van der Waals surface area contributed by atoms with Gasteiger partial charge in [-0.1, -0.05) is 81.6 Å². The van der Waals surface area contributed by atoms with E-state index < -0.39 is 0 Å². The van der Waals surface area contributed by atoms with Crippen molar-refractivity contribution < 1.29 is 0 Å². The molecule has 0 aliphatic rings. The molecule has 0 bridgehead atoms. The Bertz CT molecular complexity index is 21.5. The maximum atomic E-state index is 2.26. The van der Waals surface area contributed by atoms with Crippen molar-refractivity contribution in [3.05, 3.63) is 0 Å². The van der Waals surface area contributed by atoms with Gasteiger partial charge in [0.2, 0.25) is 0 Å². The third-order valence-corrected chi connectivity index (χ3v) is 1.73. The quantitative estimate of drug-likeness (QED) is 0.519. The fourth-order valence-corrected chi connectivity index (χ4v) is 0.866. The Kier molecular flexibility index (Phi) is 71.7. The molecule has 0 atom stereocenters. The smallest absolute Gasteiger partial charge is 0.0422 e. The molecule has 0 aromatic heterocycles. The summed E-state index contributed by atoms with van der Waals surface area (Å²) in [4.78, 5) is 0. The summed E-state index contributed by atoms with van der Waals surface area (Å²) in [6.07, 6.45) is 4.06. The van der Waals surface area contributed by atoms with Crippen LogP contribution in [0, 0.1) is 5.92 Å². The number of hydrogen-bond donors (Lipinski definition) is 0. The van der Waals surface area contributed by atoms with Crippen LogP contribution in [0.25, 0.3) is 0 Å². The highest BCUT2D eigenvalue weighted by Gasteiger charge is 1.95. The van der Waals surface area contributed by atoms with Crippen LogP contribution in [0.1, 0.15) is 81.6 Å². The predicted molar refractivity (Wildman–Crippen MR) is 68.4 cm³/mol. The predicted octanol–water partition coefficient (Wildman–Crippen LogP) is 5.91. The van der Waals surface area contributed by atoms with Gasteiger partial charge in [0.1, 0.15) is 0 Å². The normalized spacial score (nSPS) is 6.92. The minimum atomic E-state index is 0.986. The van der Waals surface area contributed by atoms with Crippen molar-refractivity contribution in [2.75, 3.05) is 0 Å². The first kappa shape index (κ1) is 23.1. The van der Waals surface area contributed by atoms with E-state index in [1.54, 1.807) is 0 Å². The van der Waals surface area contributed by atoms with Crippen molar-refractivity contribution in [3.63, 3.8) is 0 Å². The first-order valence-corrected chi connectivity index (χ1v) is 6.35. The summed E-state index contributed by atoms with van der Waals surface area (Å²) >= 11 is 0. The average Bonchev–Trinajstić information content (AvgIpc) is 2.29. The number of hydrogen-bond acceptors (Lipinski definition) is 0. The van der Waals surface area contributed by atoms with Crippen LogP contribution in [-0.4, -0.2) is 0 Å². The second-order valence-corrected chi connectivity index (χ2v) is 2.09. The van der Waals surface area contributed by atoms with Gasteiger partial charge in [0.05, 0.1) is 0 Å².